The van der Waals surface area contributed by atoms with Gasteiger partial charge in [0.1, 0.15) is 0 Å². The molecule has 0 aromatic heterocycles. The van der Waals surface area contributed by atoms with E-state index in [2.05, 4.69) is 0 Å². The number of hydrogen-bond acceptors (Lipinski definition) is 1. The standard InChI is InChI=1S/C7H4F2O2.C2H6/c8-5-2-1-4(7(10)11)3-6(5)9;1-2/h1-3H,(H,10,11);1-2H3. The fourth-order valence-corrected chi connectivity index (χ4v) is 0.629. The van der Waals surface area contributed by atoms with Crippen LogP contribution in [0.1, 0.15) is 24.2 Å². The lowest BCUT2D eigenvalue weighted by Gasteiger charge is -1.94. The fraction of sp³-hybridized carbons (Fsp3) is 0.222. The minimum absolute atomic E-state index is 0.260. The lowest BCUT2D eigenvalue weighted by molar-refractivity contribution is 0.0696. The van der Waals surface area contributed by atoms with Gasteiger partial charge in [-0.1, -0.05) is 13.8 Å². The van der Waals surface area contributed by atoms with Crippen molar-refractivity contribution in [3.05, 3.63) is 35.4 Å². The molecule has 1 rings (SSSR count). The van der Waals surface area contributed by atoms with Crippen molar-refractivity contribution in [2.45, 2.75) is 13.8 Å². The summed E-state index contributed by atoms with van der Waals surface area (Å²) >= 11 is 0. The van der Waals surface area contributed by atoms with Gasteiger partial charge < -0.3 is 5.11 Å². The minimum Gasteiger partial charge on any atom is -0.478 e. The number of aromatic carboxylic acids is 1. The number of carbonyl (C=O) groups is 1. The monoisotopic (exact) mass is 188 g/mol. The maximum Gasteiger partial charge on any atom is 0.335 e. The topological polar surface area (TPSA) is 37.3 Å². The Balaban J connectivity index is 0.000000671. The van der Waals surface area contributed by atoms with Crippen molar-refractivity contribution in [1.29, 1.82) is 0 Å². The third-order valence-corrected chi connectivity index (χ3v) is 1.17. The van der Waals surface area contributed by atoms with Gasteiger partial charge in [0.25, 0.3) is 0 Å². The Morgan fingerprint density at radius 2 is 1.77 bits per heavy atom. The predicted octanol–water partition coefficient (Wildman–Crippen LogP) is 2.69. The summed E-state index contributed by atoms with van der Waals surface area (Å²) in [7, 11) is 0. The van der Waals surface area contributed by atoms with E-state index in [0.29, 0.717) is 6.07 Å². The second kappa shape index (κ2) is 5.24. The molecule has 0 atom stereocenters. The number of rotatable bonds is 1. The highest BCUT2D eigenvalue weighted by molar-refractivity contribution is 5.87. The Labute approximate surface area is 74.8 Å². The smallest absolute Gasteiger partial charge is 0.335 e. The van der Waals surface area contributed by atoms with Crippen LogP contribution >= 0.6 is 0 Å². The molecule has 0 aliphatic rings. The average Bonchev–Trinajstić information content (AvgIpc) is 2.13. The van der Waals surface area contributed by atoms with Crippen LogP contribution in [0.3, 0.4) is 0 Å². The van der Waals surface area contributed by atoms with Crippen LogP contribution in [0.15, 0.2) is 18.2 Å². The zero-order valence-electron chi connectivity index (χ0n) is 7.34. The molecular weight excluding hydrogens is 178 g/mol. The van der Waals surface area contributed by atoms with E-state index in [4.69, 9.17) is 5.11 Å². The Bertz CT molecular complexity index is 298. The number of halogens is 2. The van der Waals surface area contributed by atoms with E-state index in [1.165, 1.54) is 0 Å². The first-order valence-electron chi connectivity index (χ1n) is 3.79. The summed E-state index contributed by atoms with van der Waals surface area (Å²) in [5.74, 6) is -3.47. The van der Waals surface area contributed by atoms with Crippen LogP contribution in [-0.2, 0) is 0 Å². The summed E-state index contributed by atoms with van der Waals surface area (Å²) in [5, 5.41) is 8.31. The molecule has 4 heteroatoms. The second-order valence-electron chi connectivity index (χ2n) is 1.93. The summed E-state index contributed by atoms with van der Waals surface area (Å²) in [6.45, 7) is 4.00. The van der Waals surface area contributed by atoms with Gasteiger partial charge in [0.05, 0.1) is 5.56 Å². The molecule has 0 radical (unpaired) electrons. The van der Waals surface area contributed by atoms with Crippen LogP contribution in [0.25, 0.3) is 0 Å². The molecule has 0 spiro atoms. The molecule has 13 heavy (non-hydrogen) atoms. The van der Waals surface area contributed by atoms with Crippen LogP contribution in [0, 0.1) is 11.6 Å². The normalized spacial score (nSPS) is 8.62. The number of carboxylic acids is 1. The van der Waals surface area contributed by atoms with Crippen molar-refractivity contribution < 1.29 is 18.7 Å². The Morgan fingerprint density at radius 3 is 2.15 bits per heavy atom. The maximum atomic E-state index is 12.3. The molecule has 0 saturated carbocycles. The van der Waals surface area contributed by atoms with Gasteiger partial charge in [-0.15, -0.1) is 0 Å². The van der Waals surface area contributed by atoms with Gasteiger partial charge in [-0.05, 0) is 18.2 Å². The van der Waals surface area contributed by atoms with Gasteiger partial charge >= 0.3 is 5.97 Å². The van der Waals surface area contributed by atoms with Gasteiger partial charge in [-0.2, -0.15) is 0 Å². The molecule has 0 unspecified atom stereocenters. The molecule has 2 nitrogen and oxygen atoms in total. The number of benzene rings is 1. The van der Waals surface area contributed by atoms with Gasteiger partial charge in [0, 0.05) is 0 Å². The summed E-state index contributed by atoms with van der Waals surface area (Å²) in [6, 6.07) is 2.41. The highest BCUT2D eigenvalue weighted by atomic mass is 19.2. The van der Waals surface area contributed by atoms with E-state index in [9.17, 15) is 13.6 Å². The van der Waals surface area contributed by atoms with E-state index in [1.54, 1.807) is 0 Å². The molecule has 1 aromatic rings. The summed E-state index contributed by atoms with van der Waals surface area (Å²) in [6.07, 6.45) is 0. The highest BCUT2D eigenvalue weighted by Gasteiger charge is 2.06. The maximum absolute atomic E-state index is 12.3. The Morgan fingerprint density at radius 1 is 1.23 bits per heavy atom. The SMILES string of the molecule is CC.O=C(O)c1ccc(F)c(F)c1. The van der Waals surface area contributed by atoms with Gasteiger partial charge in [-0.25, -0.2) is 13.6 Å². The average molecular weight is 188 g/mol. The number of hydrogen-bond donors (Lipinski definition) is 1. The van der Waals surface area contributed by atoms with E-state index in [0.717, 1.165) is 12.1 Å². The lowest BCUT2D eigenvalue weighted by atomic mass is 10.2. The van der Waals surface area contributed by atoms with Crippen LogP contribution in [0.5, 0.6) is 0 Å². The van der Waals surface area contributed by atoms with Crippen molar-refractivity contribution in [3.63, 3.8) is 0 Å². The molecule has 0 saturated heterocycles. The molecule has 0 heterocycles. The molecule has 1 N–H and O–H groups in total. The first-order chi connectivity index (χ1) is 6.11. The molecule has 0 bridgehead atoms. The zero-order chi connectivity index (χ0) is 10.4. The molecule has 72 valence electrons. The second-order valence-corrected chi connectivity index (χ2v) is 1.93. The Kier molecular flexibility index (Phi) is 4.66. The van der Waals surface area contributed by atoms with Gasteiger partial charge in [0.15, 0.2) is 11.6 Å². The van der Waals surface area contributed by atoms with Crippen LogP contribution < -0.4 is 0 Å². The quantitative estimate of drug-likeness (QED) is 0.735. The number of carboxylic acid groups (broad SMARTS) is 1. The first kappa shape index (κ1) is 11.6. The molecule has 0 aliphatic heterocycles. The van der Waals surface area contributed by atoms with Gasteiger partial charge in [0.2, 0.25) is 0 Å². The lowest BCUT2D eigenvalue weighted by Crippen LogP contribution is -1.97. The van der Waals surface area contributed by atoms with Crippen molar-refractivity contribution in [2.24, 2.45) is 0 Å². The molecular formula is C9H10F2O2. The Hall–Kier alpha value is -1.45. The summed E-state index contributed by atoms with van der Waals surface area (Å²) in [4.78, 5) is 10.2. The third kappa shape index (κ3) is 3.19. The molecule has 1 aromatic carbocycles. The van der Waals surface area contributed by atoms with E-state index >= 15 is 0 Å². The molecule has 0 aliphatic carbocycles. The van der Waals surface area contributed by atoms with Gasteiger partial charge in [-0.3, -0.25) is 0 Å². The van der Waals surface area contributed by atoms with Crippen LogP contribution in [-0.4, -0.2) is 11.1 Å². The largest absolute Gasteiger partial charge is 0.478 e. The highest BCUT2D eigenvalue weighted by Crippen LogP contribution is 2.07. The van der Waals surface area contributed by atoms with E-state index in [1.807, 2.05) is 13.8 Å². The fourth-order valence-electron chi connectivity index (χ4n) is 0.629. The van der Waals surface area contributed by atoms with E-state index in [-0.39, 0.29) is 5.56 Å². The third-order valence-electron chi connectivity index (χ3n) is 1.17. The van der Waals surface area contributed by atoms with Crippen LogP contribution in [0.4, 0.5) is 8.78 Å². The first-order valence-corrected chi connectivity index (χ1v) is 3.79. The molecule has 0 amide bonds. The predicted molar refractivity (Wildman–Crippen MR) is 44.7 cm³/mol. The molecule has 0 fully saturated rings. The summed E-state index contributed by atoms with van der Waals surface area (Å²) in [5.41, 5.74) is -0.260. The van der Waals surface area contributed by atoms with Crippen molar-refractivity contribution >= 4 is 5.97 Å². The summed E-state index contributed by atoms with van der Waals surface area (Å²) < 4.78 is 24.5. The van der Waals surface area contributed by atoms with Crippen LogP contribution in [0.2, 0.25) is 0 Å². The van der Waals surface area contributed by atoms with Crippen molar-refractivity contribution in [1.82, 2.24) is 0 Å². The van der Waals surface area contributed by atoms with Crippen molar-refractivity contribution in [3.8, 4) is 0 Å². The van der Waals surface area contributed by atoms with Crippen molar-refractivity contribution in [2.75, 3.05) is 0 Å². The van der Waals surface area contributed by atoms with E-state index < -0.39 is 17.6 Å². The zero-order valence-corrected chi connectivity index (χ0v) is 7.34. The minimum atomic E-state index is -1.27.